The van der Waals surface area contributed by atoms with Crippen LogP contribution in [0.25, 0.3) is 0 Å². The molecule has 1 aromatic heterocycles. The Balaban J connectivity index is 2.60. The van der Waals surface area contributed by atoms with E-state index >= 15 is 0 Å². The summed E-state index contributed by atoms with van der Waals surface area (Å²) in [5.74, 6) is 1.64. The van der Waals surface area contributed by atoms with Gasteiger partial charge in [-0.25, -0.2) is 9.97 Å². The number of aromatic nitrogens is 2. The Morgan fingerprint density at radius 3 is 2.72 bits per heavy atom. The molecule has 1 unspecified atom stereocenters. The summed E-state index contributed by atoms with van der Waals surface area (Å²) >= 11 is 6.00. The molecular weight excluding hydrogens is 248 g/mol. The molecule has 1 rings (SSSR count). The van der Waals surface area contributed by atoms with Crippen molar-refractivity contribution in [2.75, 3.05) is 26.0 Å². The third kappa shape index (κ3) is 5.65. The maximum absolute atomic E-state index is 6.00. The molecule has 1 N–H and O–H groups in total. The highest BCUT2D eigenvalue weighted by Crippen LogP contribution is 2.14. The summed E-state index contributed by atoms with van der Waals surface area (Å²) in [4.78, 5) is 10.9. The summed E-state index contributed by atoms with van der Waals surface area (Å²) in [6.45, 7) is 5.31. The number of rotatable bonds is 7. The maximum atomic E-state index is 6.00. The van der Waals surface area contributed by atoms with Gasteiger partial charge in [-0.1, -0.05) is 18.5 Å². The number of halogens is 1. The van der Waals surface area contributed by atoms with Crippen molar-refractivity contribution >= 4 is 17.4 Å². The van der Waals surface area contributed by atoms with Gasteiger partial charge in [0.2, 0.25) is 0 Å². The van der Waals surface area contributed by atoms with E-state index in [9.17, 15) is 0 Å². The lowest BCUT2D eigenvalue weighted by Crippen LogP contribution is -2.23. The highest BCUT2D eigenvalue weighted by Gasteiger charge is 2.07. The van der Waals surface area contributed by atoms with Gasteiger partial charge in [-0.3, -0.25) is 0 Å². The minimum absolute atomic E-state index is 0.368. The third-order valence-electron chi connectivity index (χ3n) is 2.62. The molecule has 0 aliphatic carbocycles. The van der Waals surface area contributed by atoms with Crippen molar-refractivity contribution in [1.82, 2.24) is 14.9 Å². The minimum Gasteiger partial charge on any atom is -0.367 e. The normalized spacial score (nSPS) is 12.8. The number of nitrogens with one attached hydrogen (secondary N) is 1. The van der Waals surface area contributed by atoms with E-state index < -0.39 is 0 Å². The summed E-state index contributed by atoms with van der Waals surface area (Å²) in [5.41, 5.74) is 0. The fourth-order valence-electron chi connectivity index (χ4n) is 1.65. The molecule has 5 heteroatoms. The molecule has 0 aliphatic rings. The van der Waals surface area contributed by atoms with Crippen LogP contribution >= 0.6 is 11.6 Å². The van der Waals surface area contributed by atoms with Gasteiger partial charge >= 0.3 is 0 Å². The molecular formula is C13H23ClN4. The predicted octanol–water partition coefficient (Wildman–Crippen LogP) is 2.83. The Morgan fingerprint density at radius 2 is 2.11 bits per heavy atom. The Hall–Kier alpha value is -0.870. The number of hydrogen-bond acceptors (Lipinski definition) is 4. The Bertz CT molecular complexity index is 368. The van der Waals surface area contributed by atoms with E-state index in [1.807, 2.05) is 0 Å². The van der Waals surface area contributed by atoms with E-state index in [0.717, 1.165) is 37.4 Å². The molecule has 0 spiro atoms. The van der Waals surface area contributed by atoms with E-state index in [4.69, 9.17) is 11.6 Å². The van der Waals surface area contributed by atoms with Crippen LogP contribution in [0.4, 0.5) is 5.82 Å². The zero-order valence-electron chi connectivity index (χ0n) is 11.7. The van der Waals surface area contributed by atoms with Crippen molar-refractivity contribution in [2.45, 2.75) is 39.2 Å². The molecule has 0 saturated carbocycles. The molecule has 4 nitrogen and oxygen atoms in total. The van der Waals surface area contributed by atoms with Crippen LogP contribution in [-0.2, 0) is 6.42 Å². The summed E-state index contributed by atoms with van der Waals surface area (Å²) < 4.78 is 0. The number of anilines is 1. The molecule has 1 aromatic rings. The second-order valence-electron chi connectivity index (χ2n) is 4.88. The summed E-state index contributed by atoms with van der Waals surface area (Å²) in [6, 6.07) is 2.15. The van der Waals surface area contributed by atoms with Gasteiger partial charge in [0.15, 0.2) is 0 Å². The average Bonchev–Trinajstić information content (AvgIpc) is 2.26. The SMILES string of the molecule is CCCc1nc(Cl)cc(NC(C)CCN(C)C)n1. The smallest absolute Gasteiger partial charge is 0.134 e. The number of aryl methyl sites for hydroxylation is 1. The quantitative estimate of drug-likeness (QED) is 0.774. The second kappa shape index (κ2) is 7.54. The molecule has 1 atom stereocenters. The van der Waals surface area contributed by atoms with Gasteiger partial charge in [-0.15, -0.1) is 0 Å². The topological polar surface area (TPSA) is 41.1 Å². The van der Waals surface area contributed by atoms with E-state index in [-0.39, 0.29) is 0 Å². The molecule has 0 aromatic carbocycles. The molecule has 0 aliphatic heterocycles. The molecule has 0 radical (unpaired) electrons. The second-order valence-corrected chi connectivity index (χ2v) is 5.27. The molecule has 0 amide bonds. The average molecular weight is 271 g/mol. The number of hydrogen-bond donors (Lipinski definition) is 1. The van der Waals surface area contributed by atoms with Crippen LogP contribution in [0.1, 0.15) is 32.5 Å². The Kier molecular flexibility index (Phi) is 6.36. The Labute approximate surface area is 115 Å². The third-order valence-corrected chi connectivity index (χ3v) is 2.81. The van der Waals surface area contributed by atoms with Crippen LogP contribution < -0.4 is 5.32 Å². The van der Waals surface area contributed by atoms with Crippen molar-refractivity contribution in [3.05, 3.63) is 17.0 Å². The lowest BCUT2D eigenvalue weighted by atomic mass is 10.2. The van der Waals surface area contributed by atoms with Crippen molar-refractivity contribution in [3.8, 4) is 0 Å². The highest BCUT2D eigenvalue weighted by molar-refractivity contribution is 6.29. The van der Waals surface area contributed by atoms with E-state index in [1.54, 1.807) is 6.07 Å². The summed E-state index contributed by atoms with van der Waals surface area (Å²) in [7, 11) is 4.15. The Morgan fingerprint density at radius 1 is 1.39 bits per heavy atom. The lowest BCUT2D eigenvalue weighted by Gasteiger charge is -2.17. The monoisotopic (exact) mass is 270 g/mol. The van der Waals surface area contributed by atoms with Gasteiger partial charge in [-0.2, -0.15) is 0 Å². The predicted molar refractivity (Wildman–Crippen MR) is 77.3 cm³/mol. The number of nitrogens with zero attached hydrogens (tertiary/aromatic N) is 3. The first-order chi connectivity index (χ1) is 8.51. The van der Waals surface area contributed by atoms with E-state index in [1.165, 1.54) is 0 Å². The lowest BCUT2D eigenvalue weighted by molar-refractivity contribution is 0.390. The highest BCUT2D eigenvalue weighted by atomic mass is 35.5. The van der Waals surface area contributed by atoms with Crippen LogP contribution in [0.15, 0.2) is 6.07 Å². The van der Waals surface area contributed by atoms with Crippen molar-refractivity contribution in [2.24, 2.45) is 0 Å². The largest absolute Gasteiger partial charge is 0.367 e. The first kappa shape index (κ1) is 15.2. The van der Waals surface area contributed by atoms with Crippen LogP contribution in [0.5, 0.6) is 0 Å². The van der Waals surface area contributed by atoms with Crippen LogP contribution in [0, 0.1) is 0 Å². The fourth-order valence-corrected chi connectivity index (χ4v) is 1.85. The van der Waals surface area contributed by atoms with Crippen LogP contribution in [0.2, 0.25) is 5.15 Å². The molecule has 0 bridgehead atoms. The standard InChI is InChI=1S/C13H23ClN4/c1-5-6-12-16-11(14)9-13(17-12)15-10(2)7-8-18(3)4/h9-10H,5-8H2,1-4H3,(H,15,16,17). The molecule has 1 heterocycles. The van der Waals surface area contributed by atoms with Gasteiger partial charge in [-0.05, 0) is 40.4 Å². The summed E-state index contributed by atoms with van der Waals surface area (Å²) in [6.07, 6.45) is 2.95. The molecule has 0 fully saturated rings. The van der Waals surface area contributed by atoms with Crippen molar-refractivity contribution < 1.29 is 0 Å². The maximum Gasteiger partial charge on any atom is 0.134 e. The van der Waals surface area contributed by atoms with Gasteiger partial charge in [0.05, 0.1) is 0 Å². The van der Waals surface area contributed by atoms with Gasteiger partial charge in [0.25, 0.3) is 0 Å². The van der Waals surface area contributed by atoms with Crippen LogP contribution in [0.3, 0.4) is 0 Å². The minimum atomic E-state index is 0.368. The van der Waals surface area contributed by atoms with E-state index in [2.05, 4.69) is 48.1 Å². The zero-order valence-corrected chi connectivity index (χ0v) is 12.5. The zero-order chi connectivity index (χ0) is 13.5. The summed E-state index contributed by atoms with van der Waals surface area (Å²) in [5, 5.41) is 3.88. The van der Waals surface area contributed by atoms with Crippen molar-refractivity contribution in [1.29, 1.82) is 0 Å². The first-order valence-corrected chi connectivity index (χ1v) is 6.83. The van der Waals surface area contributed by atoms with Crippen molar-refractivity contribution in [3.63, 3.8) is 0 Å². The van der Waals surface area contributed by atoms with Crippen LogP contribution in [-0.4, -0.2) is 41.5 Å². The molecule has 102 valence electrons. The first-order valence-electron chi connectivity index (χ1n) is 6.46. The van der Waals surface area contributed by atoms with E-state index in [0.29, 0.717) is 11.2 Å². The van der Waals surface area contributed by atoms with Gasteiger partial charge in [0.1, 0.15) is 16.8 Å². The molecule has 0 saturated heterocycles. The molecule has 18 heavy (non-hydrogen) atoms. The fraction of sp³-hybridized carbons (Fsp3) is 0.692. The van der Waals surface area contributed by atoms with Gasteiger partial charge < -0.3 is 10.2 Å². The van der Waals surface area contributed by atoms with Gasteiger partial charge in [0, 0.05) is 18.5 Å².